The van der Waals surface area contributed by atoms with Crippen LogP contribution >= 0.6 is 11.3 Å². The van der Waals surface area contributed by atoms with Gasteiger partial charge in [-0.1, -0.05) is 48.5 Å². The summed E-state index contributed by atoms with van der Waals surface area (Å²) in [7, 11) is 0. The largest absolute Gasteiger partial charge is 0.481 e. The number of benzene rings is 2. The van der Waals surface area contributed by atoms with Gasteiger partial charge in [-0.25, -0.2) is 0 Å². The maximum Gasteiger partial charge on any atom is 0.311 e. The molecule has 1 saturated carbocycles. The molecule has 4 aliphatic rings. The fourth-order valence-corrected chi connectivity index (χ4v) is 7.91. The van der Waals surface area contributed by atoms with Crippen molar-refractivity contribution in [2.75, 3.05) is 13.1 Å². The van der Waals surface area contributed by atoms with E-state index in [9.17, 15) is 9.90 Å². The van der Waals surface area contributed by atoms with Crippen LogP contribution in [0.25, 0.3) is 10.8 Å². The first-order valence-electron chi connectivity index (χ1n) is 9.70. The number of carboxylic acids is 1. The Labute approximate surface area is 162 Å². The summed E-state index contributed by atoms with van der Waals surface area (Å²) in [6, 6.07) is 17.2. The van der Waals surface area contributed by atoms with Gasteiger partial charge in [-0.05, 0) is 40.1 Å². The molecule has 27 heavy (non-hydrogen) atoms. The number of carboxylic acid groups (broad SMARTS) is 1. The van der Waals surface area contributed by atoms with Gasteiger partial charge in [-0.2, -0.15) is 0 Å². The molecule has 2 bridgehead atoms. The van der Waals surface area contributed by atoms with Crippen LogP contribution in [0.15, 0.2) is 53.9 Å². The second-order valence-corrected chi connectivity index (χ2v) is 9.21. The van der Waals surface area contributed by atoms with Crippen LogP contribution in [0.1, 0.15) is 34.8 Å². The first-order chi connectivity index (χ1) is 13.2. The zero-order valence-electron chi connectivity index (χ0n) is 14.9. The quantitative estimate of drug-likeness (QED) is 0.699. The van der Waals surface area contributed by atoms with E-state index in [2.05, 4.69) is 59.2 Å². The van der Waals surface area contributed by atoms with Crippen LogP contribution in [0.3, 0.4) is 0 Å². The normalized spacial score (nSPS) is 33.8. The molecule has 0 radical (unpaired) electrons. The standard InChI is InChI=1S/C23H21NO2S/c25-21(26)23-13-24-11-19(23)22(20-15-6-2-1-5-14(15)12-27-20)10-9-18(23)16-7-3-4-8-17(16)22/h1-8,12,18-19,24H,9-11,13H2,(H,25,26). The van der Waals surface area contributed by atoms with Gasteiger partial charge >= 0.3 is 5.97 Å². The molecule has 4 atom stereocenters. The Balaban J connectivity index is 1.73. The molecule has 1 aliphatic heterocycles. The molecule has 3 aliphatic carbocycles. The molecule has 4 unspecified atom stereocenters. The lowest BCUT2D eigenvalue weighted by Gasteiger charge is -2.59. The summed E-state index contributed by atoms with van der Waals surface area (Å²) >= 11 is 1.82. The minimum atomic E-state index is -0.697. The number of thiophene rings is 1. The van der Waals surface area contributed by atoms with Gasteiger partial charge in [0, 0.05) is 35.2 Å². The van der Waals surface area contributed by atoms with E-state index in [1.165, 1.54) is 26.8 Å². The average molecular weight is 375 g/mol. The molecule has 1 saturated heterocycles. The molecule has 3 nitrogen and oxygen atoms in total. The lowest BCUT2D eigenvalue weighted by Crippen LogP contribution is -2.60. The SMILES string of the molecule is O=C(O)C12CNCC1C1(c3scc4ccccc34)CCC2c2ccccc21. The lowest BCUT2D eigenvalue weighted by molar-refractivity contribution is -0.157. The number of hydrogen-bond acceptors (Lipinski definition) is 3. The van der Waals surface area contributed by atoms with Gasteiger partial charge in [0.15, 0.2) is 0 Å². The molecule has 136 valence electrons. The second kappa shape index (κ2) is 5.21. The highest BCUT2D eigenvalue weighted by Crippen LogP contribution is 2.68. The van der Waals surface area contributed by atoms with E-state index in [0.29, 0.717) is 6.54 Å². The number of aliphatic carboxylic acids is 1. The van der Waals surface area contributed by atoms with Crippen LogP contribution in [0, 0.1) is 11.3 Å². The molecule has 4 heteroatoms. The maximum absolute atomic E-state index is 12.7. The van der Waals surface area contributed by atoms with Crippen molar-refractivity contribution in [2.24, 2.45) is 11.3 Å². The Morgan fingerprint density at radius 2 is 1.96 bits per heavy atom. The van der Waals surface area contributed by atoms with Gasteiger partial charge in [0.1, 0.15) is 0 Å². The molecule has 3 aromatic rings. The van der Waals surface area contributed by atoms with Gasteiger partial charge in [0.25, 0.3) is 0 Å². The van der Waals surface area contributed by atoms with Gasteiger partial charge in [-0.3, -0.25) is 4.79 Å². The van der Waals surface area contributed by atoms with E-state index in [1.54, 1.807) is 0 Å². The van der Waals surface area contributed by atoms with Gasteiger partial charge in [0.05, 0.1) is 5.41 Å². The molecule has 2 aromatic carbocycles. The Bertz CT molecular complexity index is 1090. The number of carbonyl (C=O) groups is 1. The summed E-state index contributed by atoms with van der Waals surface area (Å²) in [6.45, 7) is 1.36. The third kappa shape index (κ3) is 1.70. The van der Waals surface area contributed by atoms with Crippen LogP contribution in [-0.4, -0.2) is 24.2 Å². The topological polar surface area (TPSA) is 49.3 Å². The van der Waals surface area contributed by atoms with Crippen molar-refractivity contribution in [3.63, 3.8) is 0 Å². The Morgan fingerprint density at radius 3 is 2.85 bits per heavy atom. The predicted molar refractivity (Wildman–Crippen MR) is 107 cm³/mol. The highest BCUT2D eigenvalue weighted by Gasteiger charge is 2.69. The molecular weight excluding hydrogens is 354 g/mol. The predicted octanol–water partition coefficient (Wildman–Crippen LogP) is 4.37. The van der Waals surface area contributed by atoms with Crippen LogP contribution in [-0.2, 0) is 10.2 Å². The average Bonchev–Trinajstić information content (AvgIpc) is 3.35. The van der Waals surface area contributed by atoms with Crippen molar-refractivity contribution in [1.29, 1.82) is 0 Å². The van der Waals surface area contributed by atoms with Crippen molar-refractivity contribution in [2.45, 2.75) is 24.2 Å². The smallest absolute Gasteiger partial charge is 0.311 e. The maximum atomic E-state index is 12.7. The monoisotopic (exact) mass is 375 g/mol. The van der Waals surface area contributed by atoms with Gasteiger partial charge < -0.3 is 10.4 Å². The van der Waals surface area contributed by atoms with E-state index in [1.807, 2.05) is 11.3 Å². The van der Waals surface area contributed by atoms with E-state index in [-0.39, 0.29) is 17.3 Å². The molecule has 2 fully saturated rings. The number of fused-ring (bicyclic) bond motifs is 2. The molecule has 2 N–H and O–H groups in total. The van der Waals surface area contributed by atoms with Crippen LogP contribution < -0.4 is 5.32 Å². The Kier molecular flexibility index (Phi) is 3.06. The number of hydrogen-bond donors (Lipinski definition) is 2. The lowest BCUT2D eigenvalue weighted by atomic mass is 9.43. The number of rotatable bonds is 2. The molecule has 2 heterocycles. The first kappa shape index (κ1) is 15.8. The first-order valence-corrected chi connectivity index (χ1v) is 10.6. The zero-order chi connectivity index (χ0) is 18.2. The Morgan fingerprint density at radius 1 is 1.15 bits per heavy atom. The highest BCUT2D eigenvalue weighted by molar-refractivity contribution is 7.11. The van der Waals surface area contributed by atoms with Gasteiger partial charge in [0.2, 0.25) is 0 Å². The molecule has 0 spiro atoms. The minimum Gasteiger partial charge on any atom is -0.481 e. The van der Waals surface area contributed by atoms with E-state index >= 15 is 0 Å². The Hall–Kier alpha value is -2.17. The minimum absolute atomic E-state index is 0.0956. The van der Waals surface area contributed by atoms with Crippen LogP contribution in [0.4, 0.5) is 0 Å². The third-order valence-corrected chi connectivity index (χ3v) is 8.75. The van der Waals surface area contributed by atoms with Crippen molar-refractivity contribution in [1.82, 2.24) is 5.32 Å². The van der Waals surface area contributed by atoms with E-state index in [4.69, 9.17) is 0 Å². The molecule has 0 amide bonds. The number of nitrogens with one attached hydrogen (secondary N) is 1. The highest BCUT2D eigenvalue weighted by atomic mass is 32.1. The van der Waals surface area contributed by atoms with Crippen molar-refractivity contribution < 1.29 is 9.90 Å². The van der Waals surface area contributed by atoms with Crippen LogP contribution in [0.2, 0.25) is 0 Å². The summed E-state index contributed by atoms with van der Waals surface area (Å²) in [5.41, 5.74) is 1.74. The zero-order valence-corrected chi connectivity index (χ0v) is 15.8. The van der Waals surface area contributed by atoms with Crippen molar-refractivity contribution in [3.05, 3.63) is 69.9 Å². The molecule has 7 rings (SSSR count). The van der Waals surface area contributed by atoms with Crippen LogP contribution in [0.5, 0.6) is 0 Å². The summed E-state index contributed by atoms with van der Waals surface area (Å²) in [6.07, 6.45) is 1.99. The molecular formula is C23H21NO2S. The fraction of sp³-hybridized carbons (Fsp3) is 0.348. The second-order valence-electron chi connectivity index (χ2n) is 8.33. The van der Waals surface area contributed by atoms with Gasteiger partial charge in [-0.15, -0.1) is 11.3 Å². The summed E-state index contributed by atoms with van der Waals surface area (Å²) < 4.78 is 0. The molecule has 1 aromatic heterocycles. The van der Waals surface area contributed by atoms with E-state index < -0.39 is 11.4 Å². The fourth-order valence-electron chi connectivity index (χ4n) is 6.58. The van der Waals surface area contributed by atoms with E-state index in [0.717, 1.165) is 19.4 Å². The summed E-state index contributed by atoms with van der Waals surface area (Å²) in [5, 5.41) is 18.7. The van der Waals surface area contributed by atoms with Crippen molar-refractivity contribution in [3.8, 4) is 0 Å². The van der Waals surface area contributed by atoms with Crippen molar-refractivity contribution >= 4 is 28.1 Å². The third-order valence-electron chi connectivity index (χ3n) is 7.56. The summed E-state index contributed by atoms with van der Waals surface area (Å²) in [5.74, 6) is -0.417. The summed E-state index contributed by atoms with van der Waals surface area (Å²) in [4.78, 5) is 14.1.